The van der Waals surface area contributed by atoms with Crippen molar-refractivity contribution >= 4 is 0 Å². The summed E-state index contributed by atoms with van der Waals surface area (Å²) in [6, 6.07) is 0.661. The van der Waals surface area contributed by atoms with Crippen LogP contribution < -0.4 is 5.32 Å². The molecule has 0 saturated carbocycles. The predicted octanol–water partition coefficient (Wildman–Crippen LogP) is 2.43. The lowest BCUT2D eigenvalue weighted by molar-refractivity contribution is 0.0456. The molecule has 0 amide bonds. The normalized spacial score (nSPS) is 21.0. The van der Waals surface area contributed by atoms with E-state index in [4.69, 9.17) is 0 Å². The van der Waals surface area contributed by atoms with Crippen molar-refractivity contribution in [3.05, 3.63) is 0 Å². The number of nitrogens with zero attached hydrogens (tertiary/aromatic N) is 2. The molecule has 0 radical (unpaired) electrons. The zero-order valence-corrected chi connectivity index (χ0v) is 14.0. The van der Waals surface area contributed by atoms with Crippen molar-refractivity contribution in [1.82, 2.24) is 15.1 Å². The molecular weight excluding hydrogens is 234 g/mol. The van der Waals surface area contributed by atoms with Crippen LogP contribution in [-0.2, 0) is 0 Å². The highest BCUT2D eigenvalue weighted by atomic mass is 15.3. The molecule has 1 aliphatic heterocycles. The highest BCUT2D eigenvalue weighted by molar-refractivity contribution is 4.84. The molecule has 1 fully saturated rings. The van der Waals surface area contributed by atoms with Gasteiger partial charge in [-0.15, -0.1) is 0 Å². The van der Waals surface area contributed by atoms with Gasteiger partial charge in [0.2, 0.25) is 0 Å². The fourth-order valence-electron chi connectivity index (χ4n) is 2.66. The summed E-state index contributed by atoms with van der Waals surface area (Å²) in [6.07, 6.45) is 1.28. The number of hydrogen-bond donors (Lipinski definition) is 1. The maximum Gasteiger partial charge on any atom is 0.0193 e. The fraction of sp³-hybridized carbons (Fsp3) is 1.00. The van der Waals surface area contributed by atoms with Crippen molar-refractivity contribution in [2.45, 2.75) is 59.5 Å². The van der Waals surface area contributed by atoms with E-state index in [2.05, 4.69) is 56.7 Å². The van der Waals surface area contributed by atoms with Gasteiger partial charge in [0.1, 0.15) is 0 Å². The van der Waals surface area contributed by atoms with Crippen LogP contribution >= 0.6 is 0 Å². The van der Waals surface area contributed by atoms with Crippen LogP contribution in [0.15, 0.2) is 0 Å². The van der Waals surface area contributed by atoms with Crippen LogP contribution in [0.25, 0.3) is 0 Å². The second-order valence-corrected chi connectivity index (χ2v) is 7.43. The van der Waals surface area contributed by atoms with E-state index in [9.17, 15) is 0 Å². The average Bonchev–Trinajstić information content (AvgIpc) is 2.33. The van der Waals surface area contributed by atoms with Crippen molar-refractivity contribution in [3.63, 3.8) is 0 Å². The van der Waals surface area contributed by atoms with E-state index in [1.807, 2.05) is 0 Å². The molecule has 0 aromatic carbocycles. The van der Waals surface area contributed by atoms with Gasteiger partial charge in [-0.3, -0.25) is 9.80 Å². The highest BCUT2D eigenvalue weighted by Crippen LogP contribution is 2.16. The van der Waals surface area contributed by atoms with E-state index >= 15 is 0 Å². The zero-order valence-electron chi connectivity index (χ0n) is 14.0. The van der Waals surface area contributed by atoms with Gasteiger partial charge in [-0.1, -0.05) is 13.8 Å². The Kier molecular flexibility index (Phi) is 6.78. The zero-order chi connectivity index (χ0) is 14.5. The minimum atomic E-state index is 0.324. The van der Waals surface area contributed by atoms with Crippen LogP contribution in [0, 0.1) is 5.92 Å². The second kappa shape index (κ2) is 7.61. The third-order valence-electron chi connectivity index (χ3n) is 4.22. The molecule has 1 N–H and O–H groups in total. The second-order valence-electron chi connectivity index (χ2n) is 7.43. The summed E-state index contributed by atoms with van der Waals surface area (Å²) in [7, 11) is 0. The maximum absolute atomic E-state index is 3.60. The van der Waals surface area contributed by atoms with E-state index in [1.54, 1.807) is 0 Å². The molecule has 0 aromatic rings. The Bertz CT molecular complexity index is 237. The molecule has 1 saturated heterocycles. The van der Waals surface area contributed by atoms with Gasteiger partial charge >= 0.3 is 0 Å². The van der Waals surface area contributed by atoms with Crippen LogP contribution in [0.3, 0.4) is 0 Å². The standard InChI is InChI=1S/C16H35N3/c1-14(2)7-8-17-13-15(3)18-9-11-19(12-10-18)16(4,5)6/h14-15,17H,7-13H2,1-6H3. The molecular formula is C16H35N3. The topological polar surface area (TPSA) is 18.5 Å². The SMILES string of the molecule is CC(C)CCNCC(C)N1CCN(C(C)(C)C)CC1. The lowest BCUT2D eigenvalue weighted by Gasteiger charge is -2.44. The lowest BCUT2D eigenvalue weighted by Crippen LogP contribution is -2.56. The maximum atomic E-state index is 3.60. The van der Waals surface area contributed by atoms with E-state index in [-0.39, 0.29) is 0 Å². The van der Waals surface area contributed by atoms with Crippen LogP contribution in [-0.4, -0.2) is 60.6 Å². The predicted molar refractivity (Wildman–Crippen MR) is 84.7 cm³/mol. The summed E-state index contributed by atoms with van der Waals surface area (Å²) in [4.78, 5) is 5.23. The van der Waals surface area contributed by atoms with Gasteiger partial charge < -0.3 is 5.32 Å². The largest absolute Gasteiger partial charge is 0.315 e. The Labute approximate surface area is 120 Å². The Morgan fingerprint density at radius 1 is 1.00 bits per heavy atom. The number of rotatable bonds is 6. The summed E-state index contributed by atoms with van der Waals surface area (Å²) in [6.45, 7) is 21.0. The first-order chi connectivity index (χ1) is 8.80. The van der Waals surface area contributed by atoms with Crippen LogP contribution in [0.2, 0.25) is 0 Å². The molecule has 1 unspecified atom stereocenters. The quantitative estimate of drug-likeness (QED) is 0.747. The number of piperazine rings is 1. The average molecular weight is 269 g/mol. The number of hydrogen-bond acceptors (Lipinski definition) is 3. The Balaban J connectivity index is 2.20. The molecule has 0 bridgehead atoms. The summed E-state index contributed by atoms with van der Waals surface area (Å²) in [5, 5.41) is 3.60. The minimum absolute atomic E-state index is 0.324. The monoisotopic (exact) mass is 269 g/mol. The molecule has 3 heteroatoms. The third kappa shape index (κ3) is 6.24. The first-order valence-electron chi connectivity index (χ1n) is 8.00. The summed E-state index contributed by atoms with van der Waals surface area (Å²) in [5.41, 5.74) is 0.324. The van der Waals surface area contributed by atoms with Gasteiger partial charge in [-0.05, 0) is 46.6 Å². The Hall–Kier alpha value is -0.120. The summed E-state index contributed by atoms with van der Waals surface area (Å²) >= 11 is 0. The van der Waals surface area contributed by atoms with E-state index in [0.29, 0.717) is 11.6 Å². The van der Waals surface area contributed by atoms with Crippen molar-refractivity contribution < 1.29 is 0 Å². The first kappa shape index (κ1) is 16.9. The fourth-order valence-corrected chi connectivity index (χ4v) is 2.66. The Morgan fingerprint density at radius 2 is 1.58 bits per heavy atom. The lowest BCUT2D eigenvalue weighted by atomic mass is 10.0. The molecule has 1 atom stereocenters. The van der Waals surface area contributed by atoms with Crippen molar-refractivity contribution in [2.24, 2.45) is 5.92 Å². The van der Waals surface area contributed by atoms with Crippen LogP contribution in [0.4, 0.5) is 0 Å². The molecule has 0 spiro atoms. The highest BCUT2D eigenvalue weighted by Gasteiger charge is 2.27. The van der Waals surface area contributed by atoms with E-state index in [0.717, 1.165) is 19.0 Å². The van der Waals surface area contributed by atoms with Crippen LogP contribution in [0.1, 0.15) is 48.0 Å². The molecule has 1 heterocycles. The molecule has 1 rings (SSSR count). The van der Waals surface area contributed by atoms with Gasteiger partial charge in [0.05, 0.1) is 0 Å². The number of nitrogens with one attached hydrogen (secondary N) is 1. The van der Waals surface area contributed by atoms with E-state index in [1.165, 1.54) is 32.6 Å². The van der Waals surface area contributed by atoms with Crippen molar-refractivity contribution in [2.75, 3.05) is 39.3 Å². The van der Waals surface area contributed by atoms with Gasteiger partial charge in [0.25, 0.3) is 0 Å². The van der Waals surface area contributed by atoms with Crippen molar-refractivity contribution in [1.29, 1.82) is 0 Å². The summed E-state index contributed by atoms with van der Waals surface area (Å²) < 4.78 is 0. The van der Waals surface area contributed by atoms with Gasteiger partial charge in [-0.25, -0.2) is 0 Å². The first-order valence-corrected chi connectivity index (χ1v) is 8.00. The summed E-state index contributed by atoms with van der Waals surface area (Å²) in [5.74, 6) is 0.804. The van der Waals surface area contributed by atoms with Crippen molar-refractivity contribution in [3.8, 4) is 0 Å². The van der Waals surface area contributed by atoms with Gasteiger partial charge in [0, 0.05) is 44.3 Å². The Morgan fingerprint density at radius 3 is 2.05 bits per heavy atom. The van der Waals surface area contributed by atoms with Gasteiger partial charge in [-0.2, -0.15) is 0 Å². The molecule has 3 nitrogen and oxygen atoms in total. The minimum Gasteiger partial charge on any atom is -0.315 e. The van der Waals surface area contributed by atoms with Gasteiger partial charge in [0.15, 0.2) is 0 Å². The third-order valence-corrected chi connectivity index (χ3v) is 4.22. The van der Waals surface area contributed by atoms with Crippen LogP contribution in [0.5, 0.6) is 0 Å². The molecule has 19 heavy (non-hydrogen) atoms. The molecule has 0 aliphatic carbocycles. The molecule has 0 aromatic heterocycles. The smallest absolute Gasteiger partial charge is 0.0193 e. The molecule has 1 aliphatic rings. The van der Waals surface area contributed by atoms with E-state index < -0.39 is 0 Å². The molecule has 114 valence electrons.